The van der Waals surface area contributed by atoms with Gasteiger partial charge in [-0.25, -0.2) is 24.3 Å². The molecule has 0 aliphatic carbocycles. The topological polar surface area (TPSA) is 51.6 Å². The second kappa shape index (κ2) is 6.76. The molecule has 0 N–H and O–H groups in total. The van der Waals surface area contributed by atoms with E-state index in [1.807, 2.05) is 60.7 Å². The van der Waals surface area contributed by atoms with E-state index >= 15 is 0 Å². The van der Waals surface area contributed by atoms with Gasteiger partial charge in [0.05, 0.1) is 11.8 Å². The van der Waals surface area contributed by atoms with Gasteiger partial charge in [0.2, 0.25) is 5.95 Å². The van der Waals surface area contributed by atoms with E-state index in [0.29, 0.717) is 11.6 Å². The van der Waals surface area contributed by atoms with Crippen molar-refractivity contribution in [2.45, 2.75) is 0 Å². The summed E-state index contributed by atoms with van der Waals surface area (Å²) in [5, 5.41) is 0. The van der Waals surface area contributed by atoms with E-state index in [-0.39, 0.29) is 11.4 Å². The number of nitrogens with zero attached hydrogens (tertiary/aromatic N) is 4. The quantitative estimate of drug-likeness (QED) is 0.511. The molecule has 6 heteroatoms. The molecule has 2 aromatic carbocycles. The molecule has 0 atom stereocenters. The fraction of sp³-hybridized carbons (Fsp3) is 0. The maximum absolute atomic E-state index is 14.1. The molecular weight excluding hydrogens is 334 g/mol. The highest BCUT2D eigenvalue weighted by atomic mass is 19.1. The first-order valence-electron chi connectivity index (χ1n) is 7.89. The van der Waals surface area contributed by atoms with Crippen molar-refractivity contribution >= 4 is 0 Å². The van der Waals surface area contributed by atoms with Crippen molar-refractivity contribution in [1.29, 1.82) is 0 Å². The van der Waals surface area contributed by atoms with E-state index in [9.17, 15) is 8.78 Å². The van der Waals surface area contributed by atoms with Gasteiger partial charge in [-0.05, 0) is 6.07 Å². The number of pyridine rings is 1. The number of halogens is 2. The van der Waals surface area contributed by atoms with E-state index in [1.54, 1.807) is 0 Å². The van der Waals surface area contributed by atoms with Crippen LogP contribution in [-0.2, 0) is 0 Å². The van der Waals surface area contributed by atoms with Crippen molar-refractivity contribution in [1.82, 2.24) is 19.9 Å². The molecule has 0 aliphatic heterocycles. The summed E-state index contributed by atoms with van der Waals surface area (Å²) in [5.41, 5.74) is 1.39. The molecule has 0 saturated heterocycles. The Balaban J connectivity index is 1.95. The lowest BCUT2D eigenvalue weighted by Gasteiger charge is -2.08. The van der Waals surface area contributed by atoms with Gasteiger partial charge in [-0.2, -0.15) is 4.39 Å². The van der Waals surface area contributed by atoms with Crippen LogP contribution in [0.15, 0.2) is 72.9 Å². The molecule has 0 amide bonds. The van der Waals surface area contributed by atoms with Crippen LogP contribution < -0.4 is 0 Å². The number of hydrogen-bond donors (Lipinski definition) is 0. The summed E-state index contributed by atoms with van der Waals surface area (Å²) in [5.74, 6) is -0.724. The van der Waals surface area contributed by atoms with Crippen LogP contribution in [0.4, 0.5) is 8.78 Å². The third-order valence-electron chi connectivity index (χ3n) is 3.75. The predicted molar refractivity (Wildman–Crippen MR) is 93.8 cm³/mol. The number of rotatable bonds is 3. The zero-order valence-electron chi connectivity index (χ0n) is 13.5. The molecule has 0 bridgehead atoms. The summed E-state index contributed by atoms with van der Waals surface area (Å²) in [7, 11) is 0. The Hall–Kier alpha value is -3.54. The van der Waals surface area contributed by atoms with Crippen LogP contribution >= 0.6 is 0 Å². The predicted octanol–water partition coefficient (Wildman–Crippen LogP) is 4.55. The molecule has 2 heterocycles. The fourth-order valence-corrected chi connectivity index (χ4v) is 2.51. The average molecular weight is 346 g/mol. The summed E-state index contributed by atoms with van der Waals surface area (Å²) in [6.07, 6.45) is 0.816. The Kier molecular flexibility index (Phi) is 4.15. The normalized spacial score (nSPS) is 10.7. The van der Waals surface area contributed by atoms with Gasteiger partial charge in [-0.1, -0.05) is 60.7 Å². The van der Waals surface area contributed by atoms with E-state index in [2.05, 4.69) is 19.9 Å². The maximum Gasteiger partial charge on any atom is 0.224 e. The van der Waals surface area contributed by atoms with Crippen molar-refractivity contribution in [3.63, 3.8) is 0 Å². The van der Waals surface area contributed by atoms with Crippen LogP contribution in [0.1, 0.15) is 0 Å². The molecule has 126 valence electrons. The largest absolute Gasteiger partial charge is 0.225 e. The summed E-state index contributed by atoms with van der Waals surface area (Å²) in [6, 6.07) is 19.6. The average Bonchev–Trinajstić information content (AvgIpc) is 2.71. The second-order valence-electron chi connectivity index (χ2n) is 5.53. The minimum absolute atomic E-state index is 0.0298. The lowest BCUT2D eigenvalue weighted by molar-refractivity contribution is 0.562. The molecule has 0 spiro atoms. The third kappa shape index (κ3) is 3.17. The van der Waals surface area contributed by atoms with Gasteiger partial charge >= 0.3 is 0 Å². The molecule has 0 aliphatic rings. The van der Waals surface area contributed by atoms with Crippen molar-refractivity contribution < 1.29 is 8.78 Å². The van der Waals surface area contributed by atoms with Crippen LogP contribution in [0.2, 0.25) is 0 Å². The van der Waals surface area contributed by atoms with Crippen molar-refractivity contribution in [2.24, 2.45) is 0 Å². The van der Waals surface area contributed by atoms with Crippen LogP contribution in [-0.4, -0.2) is 19.9 Å². The van der Waals surface area contributed by atoms with E-state index in [0.717, 1.165) is 23.4 Å². The Morgan fingerprint density at radius 3 is 1.65 bits per heavy atom. The Morgan fingerprint density at radius 1 is 0.615 bits per heavy atom. The molecule has 2 aromatic heterocycles. The van der Waals surface area contributed by atoms with Crippen LogP contribution in [0, 0.1) is 11.8 Å². The molecule has 4 aromatic rings. The highest BCUT2D eigenvalue weighted by Crippen LogP contribution is 2.25. The van der Waals surface area contributed by atoms with Gasteiger partial charge in [0.1, 0.15) is 5.82 Å². The first-order valence-corrected chi connectivity index (χ1v) is 7.89. The minimum Gasteiger partial charge on any atom is -0.225 e. The second-order valence-corrected chi connectivity index (χ2v) is 5.53. The van der Waals surface area contributed by atoms with Crippen LogP contribution in [0.25, 0.3) is 34.2 Å². The molecule has 0 fully saturated rings. The van der Waals surface area contributed by atoms with E-state index < -0.39 is 11.8 Å². The van der Waals surface area contributed by atoms with Gasteiger partial charge in [0, 0.05) is 11.1 Å². The molecule has 26 heavy (non-hydrogen) atoms. The molecule has 0 radical (unpaired) electrons. The SMILES string of the molecule is Fc1cnc(F)c(-c2nc(-c3ccccc3)nc(-c3ccccc3)n2)c1. The summed E-state index contributed by atoms with van der Waals surface area (Å²) >= 11 is 0. The van der Waals surface area contributed by atoms with Crippen molar-refractivity contribution in [3.8, 4) is 34.2 Å². The molecule has 0 saturated carbocycles. The smallest absolute Gasteiger partial charge is 0.224 e. The zero-order chi connectivity index (χ0) is 17.9. The Morgan fingerprint density at radius 2 is 1.12 bits per heavy atom. The molecule has 0 unspecified atom stereocenters. The summed E-state index contributed by atoms with van der Waals surface area (Å²) in [4.78, 5) is 16.6. The Bertz CT molecular complexity index is 996. The monoisotopic (exact) mass is 346 g/mol. The molecular formula is C20H12F2N4. The standard InChI is InChI=1S/C20H12F2N4/c21-15-11-16(17(22)23-12-15)20-25-18(13-7-3-1-4-8-13)24-19(26-20)14-9-5-2-6-10-14/h1-12H. The number of hydrogen-bond acceptors (Lipinski definition) is 4. The third-order valence-corrected chi connectivity index (χ3v) is 3.75. The molecule has 4 nitrogen and oxygen atoms in total. The van der Waals surface area contributed by atoms with E-state index in [1.165, 1.54) is 0 Å². The molecule has 4 rings (SSSR count). The van der Waals surface area contributed by atoms with Crippen LogP contribution in [0.3, 0.4) is 0 Å². The lowest BCUT2D eigenvalue weighted by atomic mass is 10.1. The van der Waals surface area contributed by atoms with Gasteiger partial charge < -0.3 is 0 Å². The highest BCUT2D eigenvalue weighted by molar-refractivity contribution is 5.66. The maximum atomic E-state index is 14.1. The Labute approximate surface area is 148 Å². The number of benzene rings is 2. The minimum atomic E-state index is -0.837. The number of aromatic nitrogens is 4. The van der Waals surface area contributed by atoms with Gasteiger partial charge in [0.15, 0.2) is 17.5 Å². The van der Waals surface area contributed by atoms with Crippen molar-refractivity contribution in [3.05, 3.63) is 84.7 Å². The van der Waals surface area contributed by atoms with Crippen molar-refractivity contribution in [2.75, 3.05) is 0 Å². The van der Waals surface area contributed by atoms with Crippen LogP contribution in [0.5, 0.6) is 0 Å². The summed E-state index contributed by atoms with van der Waals surface area (Å²) in [6.45, 7) is 0. The van der Waals surface area contributed by atoms with Gasteiger partial charge in [0.25, 0.3) is 0 Å². The van der Waals surface area contributed by atoms with Gasteiger partial charge in [-0.15, -0.1) is 0 Å². The fourth-order valence-electron chi connectivity index (χ4n) is 2.51. The zero-order valence-corrected chi connectivity index (χ0v) is 13.5. The highest BCUT2D eigenvalue weighted by Gasteiger charge is 2.16. The van der Waals surface area contributed by atoms with E-state index in [4.69, 9.17) is 0 Å². The summed E-state index contributed by atoms with van der Waals surface area (Å²) < 4.78 is 27.7. The van der Waals surface area contributed by atoms with Gasteiger partial charge in [-0.3, -0.25) is 0 Å². The lowest BCUT2D eigenvalue weighted by Crippen LogP contribution is -2.02. The first kappa shape index (κ1) is 16.0. The first-order chi connectivity index (χ1) is 12.7.